The molecule has 1 aliphatic rings. The molecule has 1 aromatic heterocycles. The number of rotatable bonds is 5. The summed E-state index contributed by atoms with van der Waals surface area (Å²) in [6.45, 7) is 1.96. The van der Waals surface area contributed by atoms with E-state index in [0.29, 0.717) is 6.54 Å². The van der Waals surface area contributed by atoms with Gasteiger partial charge in [-0.3, -0.25) is 24.7 Å². The van der Waals surface area contributed by atoms with E-state index >= 15 is 0 Å². The van der Waals surface area contributed by atoms with Gasteiger partial charge in [-0.15, -0.1) is 0 Å². The molecule has 28 heavy (non-hydrogen) atoms. The Labute approximate surface area is 161 Å². The van der Waals surface area contributed by atoms with Gasteiger partial charge in [0.2, 0.25) is 0 Å². The van der Waals surface area contributed by atoms with Gasteiger partial charge in [-0.05, 0) is 24.8 Å². The van der Waals surface area contributed by atoms with Crippen molar-refractivity contribution in [1.29, 1.82) is 0 Å². The summed E-state index contributed by atoms with van der Waals surface area (Å²) in [5.41, 5.74) is -0.273. The van der Waals surface area contributed by atoms with Gasteiger partial charge in [0.1, 0.15) is 11.5 Å². The highest BCUT2D eigenvalue weighted by Crippen LogP contribution is 2.23. The zero-order valence-electron chi connectivity index (χ0n) is 15.1. The monoisotopic (exact) mass is 384 g/mol. The van der Waals surface area contributed by atoms with Gasteiger partial charge in [0.15, 0.2) is 0 Å². The molecule has 0 spiro atoms. The first-order chi connectivity index (χ1) is 13.5. The third kappa shape index (κ3) is 4.78. The molecule has 0 saturated carbocycles. The first-order valence-corrected chi connectivity index (χ1v) is 8.88. The lowest BCUT2D eigenvalue weighted by atomic mass is 9.97. The van der Waals surface area contributed by atoms with Crippen LogP contribution < -0.4 is 15.5 Å². The molecule has 0 unspecified atom stereocenters. The normalized spacial score (nSPS) is 14.4. The first-order valence-electron chi connectivity index (χ1n) is 8.88. The number of aromatic nitrogens is 2. The summed E-state index contributed by atoms with van der Waals surface area (Å²) in [5.74, 6) is -0.662. The molecule has 2 N–H and O–H groups in total. The van der Waals surface area contributed by atoms with E-state index in [1.54, 1.807) is 24.7 Å². The molecule has 10 nitrogen and oxygen atoms in total. The van der Waals surface area contributed by atoms with Gasteiger partial charge in [-0.2, -0.15) is 0 Å². The Bertz CT molecular complexity index is 852. The molecule has 0 radical (unpaired) electrons. The number of nitro groups is 1. The van der Waals surface area contributed by atoms with E-state index < -0.39 is 16.7 Å². The lowest BCUT2D eigenvalue weighted by molar-refractivity contribution is -0.383. The van der Waals surface area contributed by atoms with Gasteiger partial charge in [0.05, 0.1) is 11.1 Å². The van der Waals surface area contributed by atoms with Crippen LogP contribution in [0.4, 0.5) is 17.2 Å². The molecular weight excluding hydrogens is 364 g/mol. The molecule has 2 aromatic rings. The average Bonchev–Trinajstić information content (AvgIpc) is 2.73. The number of nitrogens with zero attached hydrogens (tertiary/aromatic N) is 4. The van der Waals surface area contributed by atoms with Crippen LogP contribution in [0.5, 0.6) is 0 Å². The maximum atomic E-state index is 12.0. The van der Waals surface area contributed by atoms with E-state index in [9.17, 15) is 19.7 Å². The van der Waals surface area contributed by atoms with Crippen LogP contribution in [-0.4, -0.2) is 46.3 Å². The van der Waals surface area contributed by atoms with Crippen LogP contribution >= 0.6 is 0 Å². The quantitative estimate of drug-likeness (QED) is 0.452. The first kappa shape index (κ1) is 19.2. The highest BCUT2D eigenvalue weighted by molar-refractivity contribution is 6.39. The largest absolute Gasteiger partial charge is 0.355 e. The van der Waals surface area contributed by atoms with Crippen LogP contribution in [0, 0.1) is 16.0 Å². The van der Waals surface area contributed by atoms with Crippen molar-refractivity contribution in [3.05, 3.63) is 53.0 Å². The number of nitrogens with one attached hydrogen (secondary N) is 2. The van der Waals surface area contributed by atoms with Crippen LogP contribution in [-0.2, 0) is 9.59 Å². The van der Waals surface area contributed by atoms with Crippen molar-refractivity contribution in [2.24, 2.45) is 5.92 Å². The standard InChI is InChI=1S/C18H20N6O4/c25-17(18(26)22-14-3-1-2-4-15(14)24(27)28)21-11-13-5-9-23(10-6-13)16-12-19-7-8-20-16/h1-4,7-8,12-13H,5-6,9-11H2,(H,21,25)(H,22,26). The molecule has 1 saturated heterocycles. The van der Waals surface area contributed by atoms with Crippen LogP contribution in [0.2, 0.25) is 0 Å². The molecule has 1 aliphatic heterocycles. The average molecular weight is 384 g/mol. The summed E-state index contributed by atoms with van der Waals surface area (Å²) in [5, 5.41) is 15.9. The highest BCUT2D eigenvalue weighted by Gasteiger charge is 2.23. The Morgan fingerprint density at radius 3 is 2.61 bits per heavy atom. The number of carbonyl (C=O) groups is 2. The van der Waals surface area contributed by atoms with Crippen molar-refractivity contribution in [2.45, 2.75) is 12.8 Å². The van der Waals surface area contributed by atoms with Crippen molar-refractivity contribution < 1.29 is 14.5 Å². The molecule has 0 bridgehead atoms. The number of carbonyl (C=O) groups excluding carboxylic acids is 2. The second-order valence-corrected chi connectivity index (χ2v) is 6.43. The SMILES string of the molecule is O=C(NCC1CCN(c2cnccn2)CC1)C(=O)Nc1ccccc1[N+](=O)[O-]. The molecule has 10 heteroatoms. The lowest BCUT2D eigenvalue weighted by Crippen LogP contribution is -2.42. The smallest absolute Gasteiger partial charge is 0.313 e. The Hall–Kier alpha value is -3.56. The van der Waals surface area contributed by atoms with Crippen LogP contribution in [0.25, 0.3) is 0 Å². The van der Waals surface area contributed by atoms with Gasteiger partial charge >= 0.3 is 11.8 Å². The summed E-state index contributed by atoms with van der Waals surface area (Å²) >= 11 is 0. The zero-order valence-corrected chi connectivity index (χ0v) is 15.1. The number of piperidine rings is 1. The molecule has 1 fully saturated rings. The van der Waals surface area contributed by atoms with E-state index in [-0.39, 0.29) is 17.3 Å². The number of benzene rings is 1. The number of nitro benzene ring substituents is 1. The van der Waals surface area contributed by atoms with Gasteiger partial charge in [0, 0.05) is 38.1 Å². The van der Waals surface area contributed by atoms with Gasteiger partial charge < -0.3 is 15.5 Å². The molecule has 0 atom stereocenters. The molecule has 2 heterocycles. The second-order valence-electron chi connectivity index (χ2n) is 6.43. The summed E-state index contributed by atoms with van der Waals surface area (Å²) in [6, 6.07) is 5.68. The maximum absolute atomic E-state index is 12.0. The predicted molar refractivity (Wildman–Crippen MR) is 102 cm³/mol. The number of hydrogen-bond acceptors (Lipinski definition) is 7. The minimum atomic E-state index is -0.925. The molecule has 2 amide bonds. The van der Waals surface area contributed by atoms with Gasteiger partial charge in [-0.1, -0.05) is 12.1 Å². The minimum absolute atomic E-state index is 0.00933. The minimum Gasteiger partial charge on any atom is -0.355 e. The van der Waals surface area contributed by atoms with E-state index in [1.165, 1.54) is 18.2 Å². The van der Waals surface area contributed by atoms with Crippen LogP contribution in [0.15, 0.2) is 42.9 Å². The van der Waals surface area contributed by atoms with Gasteiger partial charge in [0.25, 0.3) is 5.69 Å². The Morgan fingerprint density at radius 1 is 1.18 bits per heavy atom. The Kier molecular flexibility index (Phi) is 6.10. The number of hydrogen-bond donors (Lipinski definition) is 2. The summed E-state index contributed by atoms with van der Waals surface area (Å²) in [6.07, 6.45) is 6.69. The molecule has 0 aliphatic carbocycles. The maximum Gasteiger partial charge on any atom is 0.313 e. The fourth-order valence-corrected chi connectivity index (χ4v) is 3.06. The highest BCUT2D eigenvalue weighted by atomic mass is 16.6. The summed E-state index contributed by atoms with van der Waals surface area (Å²) in [7, 11) is 0. The number of anilines is 2. The molecule has 146 valence electrons. The summed E-state index contributed by atoms with van der Waals surface area (Å²) < 4.78 is 0. The third-order valence-electron chi connectivity index (χ3n) is 4.59. The second kappa shape index (κ2) is 8.89. The Morgan fingerprint density at radius 2 is 1.93 bits per heavy atom. The number of para-hydroxylation sites is 2. The van der Waals surface area contributed by atoms with Crippen molar-refractivity contribution in [3.63, 3.8) is 0 Å². The van der Waals surface area contributed by atoms with Crippen LogP contribution in [0.1, 0.15) is 12.8 Å². The van der Waals surface area contributed by atoms with E-state index in [0.717, 1.165) is 31.7 Å². The molecular formula is C18H20N6O4. The fourth-order valence-electron chi connectivity index (χ4n) is 3.06. The fraction of sp³-hybridized carbons (Fsp3) is 0.333. The summed E-state index contributed by atoms with van der Waals surface area (Å²) in [4.78, 5) is 44.9. The number of amides is 2. The predicted octanol–water partition coefficient (Wildman–Crippen LogP) is 1.36. The Balaban J connectivity index is 1.46. The van der Waals surface area contributed by atoms with Crippen molar-refractivity contribution in [2.75, 3.05) is 29.9 Å². The van der Waals surface area contributed by atoms with E-state index in [2.05, 4.69) is 25.5 Å². The van der Waals surface area contributed by atoms with Crippen molar-refractivity contribution >= 4 is 29.0 Å². The van der Waals surface area contributed by atoms with E-state index in [4.69, 9.17) is 0 Å². The molecule has 3 rings (SSSR count). The topological polar surface area (TPSA) is 130 Å². The van der Waals surface area contributed by atoms with Crippen molar-refractivity contribution in [1.82, 2.24) is 15.3 Å². The van der Waals surface area contributed by atoms with E-state index in [1.807, 2.05) is 0 Å². The molecule has 1 aromatic carbocycles. The van der Waals surface area contributed by atoms with Crippen LogP contribution in [0.3, 0.4) is 0 Å². The zero-order chi connectivity index (χ0) is 19.9. The van der Waals surface area contributed by atoms with Crippen molar-refractivity contribution in [3.8, 4) is 0 Å². The lowest BCUT2D eigenvalue weighted by Gasteiger charge is -2.32. The van der Waals surface area contributed by atoms with Gasteiger partial charge in [-0.25, -0.2) is 4.98 Å². The third-order valence-corrected chi connectivity index (χ3v) is 4.59.